The molecule has 1 saturated heterocycles. The monoisotopic (exact) mass is 512 g/mol. The van der Waals surface area contributed by atoms with Gasteiger partial charge in [-0.25, -0.2) is 0 Å². The predicted octanol–water partition coefficient (Wildman–Crippen LogP) is 3.86. The summed E-state index contributed by atoms with van der Waals surface area (Å²) in [5, 5.41) is 9.32. The summed E-state index contributed by atoms with van der Waals surface area (Å²) in [6.07, 6.45) is 0. The van der Waals surface area contributed by atoms with Crippen LogP contribution in [0.25, 0.3) is 11.3 Å². The van der Waals surface area contributed by atoms with Crippen molar-refractivity contribution in [2.24, 2.45) is 0 Å². The lowest BCUT2D eigenvalue weighted by Gasteiger charge is -2.35. The van der Waals surface area contributed by atoms with Gasteiger partial charge in [0.15, 0.2) is 23.9 Å². The first-order valence-corrected chi connectivity index (χ1v) is 11.9. The summed E-state index contributed by atoms with van der Waals surface area (Å²) in [7, 11) is 4.71. The van der Waals surface area contributed by atoms with Crippen molar-refractivity contribution in [3.63, 3.8) is 0 Å². The zero-order chi connectivity index (χ0) is 25.7. The highest BCUT2D eigenvalue weighted by Crippen LogP contribution is 2.40. The van der Waals surface area contributed by atoms with Gasteiger partial charge in [-0.05, 0) is 48.9 Å². The Hall–Kier alpha value is -3.72. The second-order valence-corrected chi connectivity index (χ2v) is 8.69. The number of halogens is 1. The van der Waals surface area contributed by atoms with Crippen LogP contribution in [-0.4, -0.2) is 75.1 Å². The van der Waals surface area contributed by atoms with E-state index >= 15 is 0 Å². The van der Waals surface area contributed by atoms with Gasteiger partial charge in [0.25, 0.3) is 5.91 Å². The van der Waals surface area contributed by atoms with Crippen molar-refractivity contribution < 1.29 is 23.7 Å². The molecule has 9 nitrogen and oxygen atoms in total. The third kappa shape index (κ3) is 5.57. The zero-order valence-electron chi connectivity index (χ0n) is 20.8. The maximum atomic E-state index is 12.6. The van der Waals surface area contributed by atoms with Crippen LogP contribution in [0, 0.1) is 6.92 Å². The van der Waals surface area contributed by atoms with Crippen LogP contribution >= 0.6 is 11.6 Å². The molecule has 0 aliphatic carbocycles. The molecule has 36 heavy (non-hydrogen) atoms. The molecule has 0 spiro atoms. The van der Waals surface area contributed by atoms with E-state index < -0.39 is 0 Å². The number of hydrogen-bond acceptors (Lipinski definition) is 8. The van der Waals surface area contributed by atoms with Gasteiger partial charge in [0, 0.05) is 31.7 Å². The van der Waals surface area contributed by atoms with Crippen LogP contribution < -0.4 is 23.8 Å². The van der Waals surface area contributed by atoms with Gasteiger partial charge in [0.2, 0.25) is 5.75 Å². The highest BCUT2D eigenvalue weighted by atomic mass is 35.5. The van der Waals surface area contributed by atoms with Gasteiger partial charge >= 0.3 is 0 Å². The van der Waals surface area contributed by atoms with E-state index in [1.54, 1.807) is 32.3 Å². The van der Waals surface area contributed by atoms with Crippen molar-refractivity contribution in [3.05, 3.63) is 53.1 Å². The predicted molar refractivity (Wildman–Crippen MR) is 138 cm³/mol. The van der Waals surface area contributed by atoms with E-state index in [1.807, 2.05) is 43.3 Å². The van der Waals surface area contributed by atoms with Crippen LogP contribution in [0.4, 0.5) is 5.82 Å². The lowest BCUT2D eigenvalue weighted by Crippen LogP contribution is -2.50. The van der Waals surface area contributed by atoms with Gasteiger partial charge in [-0.1, -0.05) is 17.7 Å². The van der Waals surface area contributed by atoms with Crippen molar-refractivity contribution in [2.75, 3.05) is 59.0 Å². The van der Waals surface area contributed by atoms with E-state index in [-0.39, 0.29) is 12.5 Å². The van der Waals surface area contributed by atoms with Crippen molar-refractivity contribution in [1.82, 2.24) is 15.1 Å². The Kier molecular flexibility index (Phi) is 8.00. The summed E-state index contributed by atoms with van der Waals surface area (Å²) in [6, 6.07) is 13.0. The van der Waals surface area contributed by atoms with Crippen LogP contribution in [0.3, 0.4) is 0 Å². The van der Waals surface area contributed by atoms with Crippen LogP contribution in [-0.2, 0) is 4.79 Å². The number of nitrogens with zero attached hydrogens (tertiary/aromatic N) is 4. The van der Waals surface area contributed by atoms with Gasteiger partial charge in [-0.2, -0.15) is 0 Å². The van der Waals surface area contributed by atoms with Gasteiger partial charge in [0.1, 0.15) is 5.75 Å². The van der Waals surface area contributed by atoms with Crippen molar-refractivity contribution >= 4 is 23.3 Å². The maximum Gasteiger partial charge on any atom is 0.260 e. The number of carbonyl (C=O) groups excluding carboxylic acids is 1. The molecule has 1 aliphatic heterocycles. The Balaban J connectivity index is 1.36. The molecule has 2 aromatic carbocycles. The number of hydrogen-bond donors (Lipinski definition) is 0. The lowest BCUT2D eigenvalue weighted by molar-refractivity contribution is -0.133. The standard InChI is InChI=1S/C26H29ClN4O5/c1-17-5-6-19(27)21(13-17)36-16-25(32)31-11-9-30(10-12-31)24-8-7-20(28-29-24)18-14-22(33-2)26(35-4)23(15-18)34-3/h5-8,13-15H,9-12,16H2,1-4H3. The highest BCUT2D eigenvalue weighted by Gasteiger charge is 2.23. The first-order valence-electron chi connectivity index (χ1n) is 11.5. The average Bonchev–Trinajstić information content (AvgIpc) is 2.92. The third-order valence-corrected chi connectivity index (χ3v) is 6.32. The second kappa shape index (κ2) is 11.3. The Morgan fingerprint density at radius 1 is 0.889 bits per heavy atom. The molecule has 1 fully saturated rings. The summed E-state index contributed by atoms with van der Waals surface area (Å²) in [5.41, 5.74) is 2.50. The first kappa shape index (κ1) is 25.4. The molecule has 4 rings (SSSR count). The molecule has 0 radical (unpaired) electrons. The smallest absolute Gasteiger partial charge is 0.260 e. The van der Waals surface area contributed by atoms with E-state index in [0.717, 1.165) is 16.9 Å². The Labute approximate surface area is 215 Å². The Bertz CT molecular complexity index is 1190. The Morgan fingerprint density at radius 3 is 2.17 bits per heavy atom. The number of ether oxygens (including phenoxy) is 4. The van der Waals surface area contributed by atoms with Crippen LogP contribution in [0.1, 0.15) is 5.56 Å². The first-order chi connectivity index (χ1) is 17.4. The number of aromatic nitrogens is 2. The molecule has 0 saturated carbocycles. The summed E-state index contributed by atoms with van der Waals surface area (Å²) in [4.78, 5) is 16.5. The molecule has 1 aliphatic rings. The molecule has 3 aromatic rings. The van der Waals surface area contributed by atoms with Gasteiger partial charge in [0.05, 0.1) is 32.0 Å². The largest absolute Gasteiger partial charge is 0.493 e. The fraction of sp³-hybridized carbons (Fsp3) is 0.346. The second-order valence-electron chi connectivity index (χ2n) is 8.28. The quantitative estimate of drug-likeness (QED) is 0.450. The minimum Gasteiger partial charge on any atom is -0.493 e. The molecule has 1 aromatic heterocycles. The van der Waals surface area contributed by atoms with Gasteiger partial charge in [-0.3, -0.25) is 4.79 Å². The molecular formula is C26H29ClN4O5. The summed E-state index contributed by atoms with van der Waals surface area (Å²) >= 11 is 6.16. The van der Waals surface area contributed by atoms with Crippen molar-refractivity contribution in [3.8, 4) is 34.3 Å². The SMILES string of the molecule is COc1cc(-c2ccc(N3CCN(C(=O)COc4cc(C)ccc4Cl)CC3)nn2)cc(OC)c1OC. The zero-order valence-corrected chi connectivity index (χ0v) is 21.5. The minimum absolute atomic E-state index is 0.0491. The number of rotatable bonds is 8. The number of carbonyl (C=O) groups is 1. The number of methoxy groups -OCH3 is 3. The summed E-state index contributed by atoms with van der Waals surface area (Å²) < 4.78 is 21.9. The lowest BCUT2D eigenvalue weighted by atomic mass is 10.1. The Morgan fingerprint density at radius 2 is 1.58 bits per heavy atom. The molecule has 0 atom stereocenters. The highest BCUT2D eigenvalue weighted by molar-refractivity contribution is 6.32. The number of aryl methyl sites for hydroxylation is 1. The van der Waals surface area contributed by atoms with Crippen LogP contribution in [0.5, 0.6) is 23.0 Å². The molecule has 10 heteroatoms. The van der Waals surface area contributed by atoms with E-state index in [2.05, 4.69) is 15.1 Å². The fourth-order valence-electron chi connectivity index (χ4n) is 4.01. The van der Waals surface area contributed by atoms with Gasteiger partial charge in [-0.15, -0.1) is 10.2 Å². The third-order valence-electron chi connectivity index (χ3n) is 6.01. The number of amides is 1. The topological polar surface area (TPSA) is 86.3 Å². The van der Waals surface area contributed by atoms with E-state index in [0.29, 0.717) is 59.9 Å². The average molecular weight is 513 g/mol. The molecule has 190 valence electrons. The van der Waals surface area contributed by atoms with Gasteiger partial charge < -0.3 is 28.7 Å². The maximum absolute atomic E-state index is 12.6. The van der Waals surface area contributed by atoms with Crippen molar-refractivity contribution in [2.45, 2.75) is 6.92 Å². The van der Waals surface area contributed by atoms with Crippen LogP contribution in [0.15, 0.2) is 42.5 Å². The molecule has 2 heterocycles. The number of piperazine rings is 1. The molecule has 0 unspecified atom stereocenters. The summed E-state index contributed by atoms with van der Waals surface area (Å²) in [5.74, 6) is 2.82. The van der Waals surface area contributed by atoms with Crippen LogP contribution in [0.2, 0.25) is 5.02 Å². The van der Waals surface area contributed by atoms with Crippen molar-refractivity contribution in [1.29, 1.82) is 0 Å². The summed E-state index contributed by atoms with van der Waals surface area (Å²) in [6.45, 7) is 4.33. The van der Waals surface area contributed by atoms with E-state index in [9.17, 15) is 4.79 Å². The molecule has 0 bridgehead atoms. The van der Waals surface area contributed by atoms with E-state index in [1.165, 1.54) is 0 Å². The minimum atomic E-state index is -0.0731. The number of anilines is 1. The normalized spacial score (nSPS) is 13.4. The molecule has 1 amide bonds. The van der Waals surface area contributed by atoms with E-state index in [4.69, 9.17) is 30.5 Å². The fourth-order valence-corrected chi connectivity index (χ4v) is 4.19. The molecular weight excluding hydrogens is 484 g/mol. The number of benzene rings is 2. The molecule has 0 N–H and O–H groups in total.